The second-order valence-electron chi connectivity index (χ2n) is 8.92. The van der Waals surface area contributed by atoms with E-state index in [0.29, 0.717) is 36.9 Å². The lowest BCUT2D eigenvalue weighted by Crippen LogP contribution is -2.36. The van der Waals surface area contributed by atoms with Crippen molar-refractivity contribution in [3.63, 3.8) is 0 Å². The maximum Gasteiger partial charge on any atom is 0.291 e. The van der Waals surface area contributed by atoms with Crippen molar-refractivity contribution in [1.82, 2.24) is 14.8 Å². The number of pyridine rings is 1. The second-order valence-corrected chi connectivity index (χ2v) is 8.92. The van der Waals surface area contributed by atoms with Gasteiger partial charge >= 0.3 is 0 Å². The number of aromatic nitrogens is 1. The molecule has 32 heavy (non-hydrogen) atoms. The van der Waals surface area contributed by atoms with Crippen molar-refractivity contribution in [2.24, 2.45) is 11.8 Å². The summed E-state index contributed by atoms with van der Waals surface area (Å²) < 4.78 is 5.81. The summed E-state index contributed by atoms with van der Waals surface area (Å²) in [4.78, 5) is 46.9. The molecule has 0 N–H and O–H groups in total. The average molecular weight is 438 g/mol. The number of aryl methyl sites for hydroxylation is 1. The predicted molar refractivity (Wildman–Crippen MR) is 122 cm³/mol. The van der Waals surface area contributed by atoms with E-state index in [1.165, 1.54) is 4.90 Å². The summed E-state index contributed by atoms with van der Waals surface area (Å²) in [7, 11) is 3.80. The molecule has 7 nitrogen and oxygen atoms in total. The molecule has 2 unspecified atom stereocenters. The Hall–Kier alpha value is -3.06. The van der Waals surface area contributed by atoms with E-state index in [1.807, 2.05) is 25.9 Å². The van der Waals surface area contributed by atoms with Crippen LogP contribution in [0.25, 0.3) is 0 Å². The minimum Gasteiger partial charge on any atom is -0.493 e. The lowest BCUT2D eigenvalue weighted by Gasteiger charge is -2.28. The highest BCUT2D eigenvalue weighted by atomic mass is 16.5. The number of rotatable bonds is 9. The molecular weight excluding hydrogens is 406 g/mol. The Morgan fingerprint density at radius 2 is 1.84 bits per heavy atom. The topological polar surface area (TPSA) is 79.8 Å². The van der Waals surface area contributed by atoms with Gasteiger partial charge in [0, 0.05) is 31.0 Å². The van der Waals surface area contributed by atoms with Gasteiger partial charge in [-0.2, -0.15) is 0 Å². The first kappa shape index (κ1) is 23.6. The van der Waals surface area contributed by atoms with E-state index in [2.05, 4.69) is 18.8 Å². The van der Waals surface area contributed by atoms with E-state index in [0.717, 1.165) is 11.1 Å². The van der Waals surface area contributed by atoms with Crippen LogP contribution in [0.15, 0.2) is 42.7 Å². The number of likely N-dealkylation sites (N-methyl/N-ethyl adjacent to an activating group) is 1. The van der Waals surface area contributed by atoms with Gasteiger partial charge in [-0.05, 0) is 68.4 Å². The van der Waals surface area contributed by atoms with Crippen LogP contribution in [0.1, 0.15) is 41.4 Å². The molecule has 2 heterocycles. The number of likely N-dealkylation sites (tertiary alicyclic amines) is 1. The Morgan fingerprint density at radius 1 is 1.16 bits per heavy atom. The lowest BCUT2D eigenvalue weighted by atomic mass is 9.86. The molecule has 1 aliphatic rings. The van der Waals surface area contributed by atoms with Gasteiger partial charge < -0.3 is 14.5 Å². The molecule has 0 aliphatic carbocycles. The van der Waals surface area contributed by atoms with Gasteiger partial charge in [0.15, 0.2) is 5.78 Å². The molecule has 7 heteroatoms. The van der Waals surface area contributed by atoms with E-state index in [1.54, 1.807) is 42.7 Å². The van der Waals surface area contributed by atoms with Crippen LogP contribution in [0.2, 0.25) is 0 Å². The van der Waals surface area contributed by atoms with Gasteiger partial charge in [-0.25, -0.2) is 0 Å². The van der Waals surface area contributed by atoms with Crippen LogP contribution in [0.4, 0.5) is 0 Å². The Balaban J connectivity index is 1.94. The number of nitrogens with zero attached hydrogens (tertiary/aromatic N) is 3. The number of hydrogen-bond donors (Lipinski definition) is 0. The molecule has 0 spiro atoms. The Kier molecular flexibility index (Phi) is 7.40. The molecule has 170 valence electrons. The summed E-state index contributed by atoms with van der Waals surface area (Å²) in [6, 6.07) is 8.04. The standard InChI is InChI=1S/C25H31N3O4/c1-16(2)15-32-20-7-6-19(14-17(20)3)23(29)21-22(18-8-10-26-11-9-18)28(13-12-27(4)5)25(31)24(21)30/h6-11,14,16,21-22H,12-13,15H2,1-5H3. The van der Waals surface area contributed by atoms with Crippen LogP contribution in [0.5, 0.6) is 5.75 Å². The fourth-order valence-corrected chi connectivity index (χ4v) is 3.87. The highest BCUT2D eigenvalue weighted by Crippen LogP contribution is 2.38. The molecule has 2 atom stereocenters. The molecule has 1 aromatic heterocycles. The molecule has 0 bridgehead atoms. The van der Waals surface area contributed by atoms with Crippen LogP contribution in [0, 0.1) is 18.8 Å². The van der Waals surface area contributed by atoms with Crippen molar-refractivity contribution in [2.75, 3.05) is 33.8 Å². The van der Waals surface area contributed by atoms with Gasteiger partial charge in [-0.3, -0.25) is 19.4 Å². The quantitative estimate of drug-likeness (QED) is 0.341. The van der Waals surface area contributed by atoms with Crippen LogP contribution < -0.4 is 4.74 Å². The van der Waals surface area contributed by atoms with E-state index in [-0.39, 0.29) is 5.78 Å². The SMILES string of the molecule is Cc1cc(C(=O)C2C(=O)C(=O)N(CCN(C)C)C2c2ccncc2)ccc1OCC(C)C. The lowest BCUT2D eigenvalue weighted by molar-refractivity contribution is -0.140. The van der Waals surface area contributed by atoms with Gasteiger partial charge in [0.25, 0.3) is 5.91 Å². The first-order valence-corrected chi connectivity index (χ1v) is 10.9. The van der Waals surface area contributed by atoms with Gasteiger partial charge in [-0.1, -0.05) is 13.8 Å². The summed E-state index contributed by atoms with van der Waals surface area (Å²) in [5, 5.41) is 0. The number of amides is 1. The zero-order valence-electron chi connectivity index (χ0n) is 19.4. The maximum atomic E-state index is 13.5. The molecule has 1 aromatic carbocycles. The van der Waals surface area contributed by atoms with Crippen molar-refractivity contribution < 1.29 is 19.1 Å². The Bertz CT molecular complexity index is 988. The van der Waals surface area contributed by atoms with Crippen molar-refractivity contribution in [2.45, 2.75) is 26.8 Å². The van der Waals surface area contributed by atoms with Gasteiger partial charge in [0.1, 0.15) is 11.7 Å². The monoisotopic (exact) mass is 437 g/mol. The smallest absolute Gasteiger partial charge is 0.291 e. The number of ether oxygens (including phenoxy) is 1. The Labute approximate surface area is 189 Å². The third-order valence-electron chi connectivity index (χ3n) is 5.56. The third kappa shape index (κ3) is 5.05. The molecule has 0 radical (unpaired) electrons. The summed E-state index contributed by atoms with van der Waals surface area (Å²) >= 11 is 0. The highest BCUT2D eigenvalue weighted by molar-refractivity contribution is 6.44. The first-order valence-electron chi connectivity index (χ1n) is 10.9. The van der Waals surface area contributed by atoms with Crippen molar-refractivity contribution >= 4 is 17.5 Å². The number of hydrogen-bond acceptors (Lipinski definition) is 6. The number of ketones is 2. The fraction of sp³-hybridized carbons (Fsp3) is 0.440. The molecule has 1 saturated heterocycles. The maximum absolute atomic E-state index is 13.5. The van der Waals surface area contributed by atoms with Crippen LogP contribution in [-0.2, 0) is 9.59 Å². The largest absolute Gasteiger partial charge is 0.493 e. The summed E-state index contributed by atoms with van der Waals surface area (Å²) in [6.07, 6.45) is 3.22. The molecule has 0 saturated carbocycles. The number of Topliss-reactive ketones (excluding diaryl/α,β-unsaturated/α-hetero) is 2. The number of carbonyl (C=O) groups excluding carboxylic acids is 3. The highest BCUT2D eigenvalue weighted by Gasteiger charge is 2.51. The predicted octanol–water partition coefficient (Wildman–Crippen LogP) is 2.94. The van der Waals surface area contributed by atoms with Gasteiger partial charge in [0.05, 0.1) is 12.6 Å². The van der Waals surface area contributed by atoms with E-state index >= 15 is 0 Å². The number of benzene rings is 1. The molecule has 1 amide bonds. The average Bonchev–Trinajstić information content (AvgIpc) is 3.01. The van der Waals surface area contributed by atoms with Crippen LogP contribution >= 0.6 is 0 Å². The van der Waals surface area contributed by atoms with Crippen molar-refractivity contribution in [1.29, 1.82) is 0 Å². The molecule has 2 aromatic rings. The number of carbonyl (C=O) groups is 3. The van der Waals surface area contributed by atoms with E-state index in [9.17, 15) is 14.4 Å². The van der Waals surface area contributed by atoms with E-state index in [4.69, 9.17) is 4.74 Å². The van der Waals surface area contributed by atoms with Crippen LogP contribution in [-0.4, -0.2) is 66.0 Å². The van der Waals surface area contributed by atoms with Crippen molar-refractivity contribution in [3.05, 3.63) is 59.4 Å². The van der Waals surface area contributed by atoms with E-state index < -0.39 is 23.7 Å². The fourth-order valence-electron chi connectivity index (χ4n) is 3.87. The minimum absolute atomic E-state index is 0.351. The first-order chi connectivity index (χ1) is 15.2. The zero-order valence-corrected chi connectivity index (χ0v) is 19.4. The normalized spacial score (nSPS) is 18.7. The van der Waals surface area contributed by atoms with Crippen LogP contribution in [0.3, 0.4) is 0 Å². The van der Waals surface area contributed by atoms with Gasteiger partial charge in [-0.15, -0.1) is 0 Å². The molecule has 1 aliphatic heterocycles. The van der Waals surface area contributed by atoms with Crippen molar-refractivity contribution in [3.8, 4) is 5.75 Å². The summed E-state index contributed by atoms with van der Waals surface area (Å²) in [6.45, 7) is 7.53. The minimum atomic E-state index is -1.09. The summed E-state index contributed by atoms with van der Waals surface area (Å²) in [5.74, 6) is -1.62. The second kappa shape index (κ2) is 10.0. The molecule has 3 rings (SSSR count). The van der Waals surface area contributed by atoms with Gasteiger partial charge in [0.2, 0.25) is 5.78 Å². The zero-order chi connectivity index (χ0) is 23.4. The molecular formula is C25H31N3O4. The third-order valence-corrected chi connectivity index (χ3v) is 5.56. The Morgan fingerprint density at radius 3 is 2.44 bits per heavy atom. The summed E-state index contributed by atoms with van der Waals surface area (Å²) in [5.41, 5.74) is 1.95. The molecule has 1 fully saturated rings.